The second-order valence-electron chi connectivity index (χ2n) is 16.4. The maximum atomic E-state index is 13.4. The van der Waals surface area contributed by atoms with E-state index in [1.807, 2.05) is 0 Å². The minimum Gasteiger partial charge on any atom is -0.286 e. The van der Waals surface area contributed by atoms with Gasteiger partial charge in [0.05, 0.1) is 54.6 Å². The van der Waals surface area contributed by atoms with Crippen molar-refractivity contribution in [2.24, 2.45) is 53.2 Å². The first-order valence-electron chi connectivity index (χ1n) is 18.8. The molecule has 11 N–H and O–H groups in total. The van der Waals surface area contributed by atoms with Gasteiger partial charge in [-0.05, 0) is 92.8 Å². The molecule has 12 nitrogen and oxygen atoms in total. The fraction of sp³-hybridized carbons (Fsp3) is 1.00. The normalized spacial score (nSPS) is 54.6. The Kier molecular flexibility index (Phi) is 8.26. The van der Waals surface area contributed by atoms with Gasteiger partial charge in [0, 0.05) is 5.92 Å². The van der Waals surface area contributed by atoms with Gasteiger partial charge in [0.15, 0.2) is 0 Å². The van der Waals surface area contributed by atoms with Crippen LogP contribution in [0.1, 0.15) is 96.3 Å². The highest BCUT2D eigenvalue weighted by molar-refractivity contribution is 7.90. The number of nitrogens with two attached hydrogens (primary N) is 1. The van der Waals surface area contributed by atoms with Crippen molar-refractivity contribution < 1.29 is 8.42 Å². The Balaban J connectivity index is 1.08. The zero-order valence-corrected chi connectivity index (χ0v) is 27.5. The van der Waals surface area contributed by atoms with Crippen LogP contribution >= 0.6 is 0 Å². The first-order chi connectivity index (χ1) is 22.0. The van der Waals surface area contributed by atoms with Crippen LogP contribution in [0.4, 0.5) is 0 Å². The zero-order chi connectivity index (χ0) is 30.3. The van der Waals surface area contributed by atoms with Gasteiger partial charge in [0.25, 0.3) is 0 Å². The van der Waals surface area contributed by atoms with Crippen molar-refractivity contribution in [1.29, 1.82) is 0 Å². The van der Waals surface area contributed by atoms with E-state index >= 15 is 0 Å². The molecule has 0 aromatic heterocycles. The molecule has 0 spiro atoms. The van der Waals surface area contributed by atoms with E-state index in [1.165, 1.54) is 77.0 Å². The van der Waals surface area contributed by atoms with Crippen LogP contribution in [0.5, 0.6) is 0 Å². The molecular weight excluding hydrogens is 588 g/mol. The number of hydrogen-bond acceptors (Lipinski definition) is 11. The molecule has 0 aromatic carbocycles. The minimum absolute atomic E-state index is 0.0456. The SMILES string of the molecule is NNS(=O)(=O)C1CCCC2C3NC4NC(NC5NC(NC6NC(NC(N3)C21)C1CCCCC61)C1CCCCC51)C1CCCCC41. The standard InChI is InChI=1S/C32H58N10O2S/c33-42-45(43,44)23-15-7-14-22-24(23)32-40-30-21-13-6-5-12-20(21)28(38-30)36-26-17-9-2-1-8-16(17)25(34-26)35-27-18-10-3-4-11-19(18)29(37-27)39-31(22)41-32/h16-32,34-42H,1-15,33H2. The lowest BCUT2D eigenvalue weighted by molar-refractivity contribution is 0.168. The fourth-order valence-corrected chi connectivity index (χ4v) is 13.9. The third kappa shape index (κ3) is 5.26. The van der Waals surface area contributed by atoms with Crippen LogP contribution in [-0.2, 0) is 10.0 Å². The van der Waals surface area contributed by atoms with E-state index in [4.69, 9.17) is 5.84 Å². The summed E-state index contributed by atoms with van der Waals surface area (Å²) in [6.07, 6.45) is 19.4. The van der Waals surface area contributed by atoms with Crippen LogP contribution in [0, 0.1) is 47.3 Å². The van der Waals surface area contributed by atoms with Crippen LogP contribution in [0.25, 0.3) is 0 Å². The summed E-state index contributed by atoms with van der Waals surface area (Å²) in [6, 6.07) is 0. The number of hydrogen-bond donors (Lipinski definition) is 10. The quantitative estimate of drug-likeness (QED) is 0.149. The summed E-state index contributed by atoms with van der Waals surface area (Å²) < 4.78 is 26.8. The Bertz CT molecular complexity index is 1190. The Hall–Kier alpha value is -0.450. The van der Waals surface area contributed by atoms with Crippen molar-refractivity contribution in [1.82, 2.24) is 47.4 Å². The van der Waals surface area contributed by atoms with E-state index in [1.54, 1.807) is 0 Å². The highest BCUT2D eigenvalue weighted by atomic mass is 32.2. The van der Waals surface area contributed by atoms with Crippen molar-refractivity contribution in [3.05, 3.63) is 0 Å². The molecule has 5 heterocycles. The van der Waals surface area contributed by atoms with Crippen molar-refractivity contribution >= 4 is 10.0 Å². The predicted octanol–water partition coefficient (Wildman–Crippen LogP) is 0.377. The van der Waals surface area contributed by atoms with Gasteiger partial charge in [0.1, 0.15) is 0 Å². The first kappa shape index (κ1) is 30.6. The van der Waals surface area contributed by atoms with Gasteiger partial charge in [-0.1, -0.05) is 44.9 Å². The van der Waals surface area contributed by atoms with Crippen LogP contribution in [-0.4, -0.2) is 63.0 Å². The largest absolute Gasteiger partial charge is 0.286 e. The predicted molar refractivity (Wildman–Crippen MR) is 173 cm³/mol. The summed E-state index contributed by atoms with van der Waals surface area (Å²) in [6.45, 7) is 0. The molecule has 8 bridgehead atoms. The number of nitrogens with one attached hydrogen (secondary N) is 9. The maximum Gasteiger partial charge on any atom is 0.227 e. The van der Waals surface area contributed by atoms with E-state index in [-0.39, 0.29) is 48.8 Å². The van der Waals surface area contributed by atoms with Gasteiger partial charge in [-0.2, -0.15) is 4.83 Å². The molecule has 4 saturated carbocycles. The van der Waals surface area contributed by atoms with Gasteiger partial charge >= 0.3 is 0 Å². The highest BCUT2D eigenvalue weighted by Crippen LogP contribution is 2.46. The molecule has 9 aliphatic rings. The highest BCUT2D eigenvalue weighted by Gasteiger charge is 2.57. The Morgan fingerprint density at radius 2 is 0.689 bits per heavy atom. The number of rotatable bonds is 2. The summed E-state index contributed by atoms with van der Waals surface area (Å²) in [4.78, 5) is 2.23. The number of fused-ring (bicyclic) bond motifs is 20. The zero-order valence-electron chi connectivity index (χ0n) is 26.7. The Labute approximate surface area is 269 Å². The molecular formula is C32H58N10O2S. The molecule has 0 amide bonds. The van der Waals surface area contributed by atoms with Crippen LogP contribution in [0.3, 0.4) is 0 Å². The van der Waals surface area contributed by atoms with E-state index in [0.29, 0.717) is 54.3 Å². The van der Waals surface area contributed by atoms with Gasteiger partial charge < -0.3 is 0 Å². The summed E-state index contributed by atoms with van der Waals surface area (Å²) in [5.41, 5.74) is 0. The minimum atomic E-state index is -3.62. The average molecular weight is 647 g/mol. The molecule has 0 radical (unpaired) electrons. The fourth-order valence-electron chi connectivity index (χ4n) is 12.4. The second kappa shape index (κ2) is 12.2. The molecule has 13 heteroatoms. The van der Waals surface area contributed by atoms with Crippen molar-refractivity contribution in [3.63, 3.8) is 0 Å². The van der Waals surface area contributed by atoms with E-state index < -0.39 is 15.3 Å². The molecule has 5 aliphatic heterocycles. The van der Waals surface area contributed by atoms with E-state index in [0.717, 1.165) is 12.8 Å². The van der Waals surface area contributed by atoms with Crippen LogP contribution < -0.4 is 53.2 Å². The van der Waals surface area contributed by atoms with Gasteiger partial charge in [-0.15, -0.1) is 0 Å². The molecule has 0 aromatic rings. The molecule has 17 atom stereocenters. The third-order valence-corrected chi connectivity index (χ3v) is 16.1. The van der Waals surface area contributed by atoms with Crippen LogP contribution in [0.15, 0.2) is 0 Å². The molecule has 254 valence electrons. The lowest BCUT2D eigenvalue weighted by atomic mass is 9.76. The lowest BCUT2D eigenvalue weighted by Crippen LogP contribution is -2.62. The maximum absolute atomic E-state index is 13.4. The van der Waals surface area contributed by atoms with Gasteiger partial charge in [-0.3, -0.25) is 48.4 Å². The second-order valence-corrected chi connectivity index (χ2v) is 18.3. The van der Waals surface area contributed by atoms with Gasteiger partial charge in [0.2, 0.25) is 10.0 Å². The average Bonchev–Trinajstić information content (AvgIpc) is 3.80. The van der Waals surface area contributed by atoms with Crippen molar-refractivity contribution in [3.8, 4) is 0 Å². The molecule has 9 fully saturated rings. The van der Waals surface area contributed by atoms with Crippen molar-refractivity contribution in [2.45, 2.75) is 151 Å². The summed E-state index contributed by atoms with van der Waals surface area (Å²) in [5, 5.41) is 32.3. The first-order valence-corrected chi connectivity index (χ1v) is 20.3. The summed E-state index contributed by atoms with van der Waals surface area (Å²) in [7, 11) is -3.62. The summed E-state index contributed by atoms with van der Waals surface area (Å²) >= 11 is 0. The Morgan fingerprint density at radius 1 is 0.400 bits per heavy atom. The van der Waals surface area contributed by atoms with E-state index in [2.05, 4.69) is 47.4 Å². The van der Waals surface area contributed by atoms with E-state index in [9.17, 15) is 8.42 Å². The molecule has 5 saturated heterocycles. The molecule has 4 aliphatic carbocycles. The van der Waals surface area contributed by atoms with Crippen LogP contribution in [0.2, 0.25) is 0 Å². The van der Waals surface area contributed by atoms with Crippen molar-refractivity contribution in [2.75, 3.05) is 0 Å². The monoisotopic (exact) mass is 646 g/mol. The smallest absolute Gasteiger partial charge is 0.227 e. The van der Waals surface area contributed by atoms with Gasteiger partial charge in [-0.25, -0.2) is 8.42 Å². The summed E-state index contributed by atoms with van der Waals surface area (Å²) in [5.74, 6) is 9.45. The molecule has 17 unspecified atom stereocenters. The molecule has 9 rings (SSSR count). The topological polar surface area (TPSA) is 168 Å². The number of hydrazine groups is 1. The lowest BCUT2D eigenvalue weighted by Gasteiger charge is -2.38. The third-order valence-electron chi connectivity index (χ3n) is 14.4. The number of sulfonamides is 1. The molecule has 45 heavy (non-hydrogen) atoms. The Morgan fingerprint density at radius 3 is 1.02 bits per heavy atom.